The first kappa shape index (κ1) is 18.4. The van der Waals surface area contributed by atoms with Crippen molar-refractivity contribution in [3.63, 3.8) is 0 Å². The zero-order valence-electron chi connectivity index (χ0n) is 13.0. The van der Waals surface area contributed by atoms with Gasteiger partial charge < -0.3 is 34.6 Å². The van der Waals surface area contributed by atoms with Gasteiger partial charge in [0.15, 0.2) is 6.29 Å². The van der Waals surface area contributed by atoms with Crippen molar-refractivity contribution in [3.05, 3.63) is 35.9 Å². The van der Waals surface area contributed by atoms with Gasteiger partial charge in [0.25, 0.3) is 0 Å². The molecule has 4 N–H and O–H groups in total. The first-order chi connectivity index (χ1) is 11.4. The summed E-state index contributed by atoms with van der Waals surface area (Å²) in [5, 5.41) is 38.0. The van der Waals surface area contributed by atoms with Gasteiger partial charge in [-0.05, 0) is 23.8 Å². The fraction of sp³-hybridized carbons (Fsp3) is 0.438. The van der Waals surface area contributed by atoms with Crippen LogP contribution >= 0.6 is 0 Å². The van der Waals surface area contributed by atoms with Crippen LogP contribution in [0.2, 0.25) is 0 Å². The van der Waals surface area contributed by atoms with Crippen LogP contribution in [-0.2, 0) is 14.3 Å². The summed E-state index contributed by atoms with van der Waals surface area (Å²) in [6.07, 6.45) is -4.78. The number of hydrogen-bond acceptors (Lipinski definition) is 8. The molecule has 1 aromatic rings. The Morgan fingerprint density at radius 3 is 2.42 bits per heavy atom. The minimum Gasteiger partial charge on any atom is -0.497 e. The van der Waals surface area contributed by atoms with E-state index >= 15 is 0 Å². The van der Waals surface area contributed by atoms with E-state index in [1.807, 2.05) is 0 Å². The molecular weight excluding hydrogens is 320 g/mol. The van der Waals surface area contributed by atoms with Gasteiger partial charge in [-0.3, -0.25) is 0 Å². The van der Waals surface area contributed by atoms with Crippen LogP contribution in [0.5, 0.6) is 5.75 Å². The van der Waals surface area contributed by atoms with Crippen LogP contribution in [0.25, 0.3) is 6.08 Å². The molecule has 0 amide bonds. The monoisotopic (exact) mass is 340 g/mol. The van der Waals surface area contributed by atoms with Crippen LogP contribution in [0, 0.1) is 0 Å². The third-order valence-electron chi connectivity index (χ3n) is 3.60. The van der Waals surface area contributed by atoms with Gasteiger partial charge in [-0.15, -0.1) is 0 Å². The molecule has 132 valence electrons. The van der Waals surface area contributed by atoms with E-state index < -0.39 is 36.7 Å². The molecule has 0 radical (unpaired) electrons. The van der Waals surface area contributed by atoms with Gasteiger partial charge in [0.05, 0.1) is 7.11 Å². The van der Waals surface area contributed by atoms with Gasteiger partial charge in [-0.25, -0.2) is 4.79 Å². The van der Waals surface area contributed by atoms with E-state index in [1.165, 1.54) is 12.2 Å². The normalized spacial score (nSPS) is 30.3. The van der Waals surface area contributed by atoms with Crippen LogP contribution in [-0.4, -0.2) is 70.8 Å². The van der Waals surface area contributed by atoms with Gasteiger partial charge in [-0.2, -0.15) is 0 Å². The number of carbonyl (C=O) groups is 1. The van der Waals surface area contributed by atoms with E-state index in [2.05, 4.69) is 0 Å². The summed E-state index contributed by atoms with van der Waals surface area (Å²) in [7, 11) is 1.55. The van der Waals surface area contributed by atoms with Crippen LogP contribution in [0.3, 0.4) is 0 Å². The van der Waals surface area contributed by atoms with Crippen molar-refractivity contribution in [1.29, 1.82) is 0 Å². The highest BCUT2D eigenvalue weighted by Crippen LogP contribution is 2.20. The molecule has 2 rings (SSSR count). The molecule has 1 aliphatic rings. The second kappa shape index (κ2) is 8.22. The van der Waals surface area contributed by atoms with Crippen molar-refractivity contribution in [1.82, 2.24) is 0 Å². The fourth-order valence-electron chi connectivity index (χ4n) is 2.16. The van der Waals surface area contributed by atoms with Gasteiger partial charge in [-0.1, -0.05) is 12.1 Å². The Morgan fingerprint density at radius 1 is 1.12 bits per heavy atom. The van der Waals surface area contributed by atoms with Crippen LogP contribution in [0.4, 0.5) is 0 Å². The molecule has 0 bridgehead atoms. The summed E-state index contributed by atoms with van der Waals surface area (Å²) in [4.78, 5) is 11.7. The molecule has 0 aliphatic carbocycles. The standard InChI is InChI=1S/C16H20O8/c1-22-10-5-2-9(3-6-10)4-7-12(17)23-8-11-13(18)14(19)15(20)16(21)24-11/h2-7,11,13-16,18-21H,8H2,1H3/b7-4+/t11-,13-,14+,15-,16?/m1/s1. The number of methoxy groups -OCH3 is 1. The number of rotatable bonds is 5. The number of carbonyl (C=O) groups excluding carboxylic acids is 1. The van der Waals surface area contributed by atoms with Crippen LogP contribution in [0.15, 0.2) is 30.3 Å². The number of aliphatic hydroxyl groups is 4. The second-order valence-electron chi connectivity index (χ2n) is 5.27. The molecule has 1 unspecified atom stereocenters. The summed E-state index contributed by atoms with van der Waals surface area (Å²) in [6.45, 7) is -0.381. The van der Waals surface area contributed by atoms with E-state index in [-0.39, 0.29) is 6.61 Å². The summed E-state index contributed by atoms with van der Waals surface area (Å²) in [6, 6.07) is 6.99. The predicted molar refractivity (Wildman–Crippen MR) is 81.9 cm³/mol. The minimum atomic E-state index is -1.66. The molecule has 1 heterocycles. The molecule has 1 aliphatic heterocycles. The lowest BCUT2D eigenvalue weighted by Crippen LogP contribution is -2.58. The van der Waals surface area contributed by atoms with E-state index in [4.69, 9.17) is 14.2 Å². The topological polar surface area (TPSA) is 126 Å². The smallest absolute Gasteiger partial charge is 0.330 e. The van der Waals surface area contributed by atoms with Gasteiger partial charge in [0.2, 0.25) is 0 Å². The quantitative estimate of drug-likeness (QED) is 0.399. The van der Waals surface area contributed by atoms with Crippen molar-refractivity contribution < 1.29 is 39.4 Å². The minimum absolute atomic E-state index is 0.381. The number of hydrogen-bond donors (Lipinski definition) is 4. The highest BCUT2D eigenvalue weighted by atomic mass is 16.6. The zero-order chi connectivity index (χ0) is 17.7. The molecule has 24 heavy (non-hydrogen) atoms. The maximum absolute atomic E-state index is 11.7. The molecule has 0 aromatic heterocycles. The average molecular weight is 340 g/mol. The molecule has 1 fully saturated rings. The third kappa shape index (κ3) is 4.53. The Balaban J connectivity index is 1.85. The van der Waals surface area contributed by atoms with Crippen molar-refractivity contribution in [2.45, 2.75) is 30.7 Å². The lowest BCUT2D eigenvalue weighted by atomic mass is 9.99. The molecule has 0 saturated carbocycles. The van der Waals surface area contributed by atoms with E-state index in [9.17, 15) is 25.2 Å². The number of ether oxygens (including phenoxy) is 3. The number of esters is 1. The molecule has 0 spiro atoms. The first-order valence-corrected chi connectivity index (χ1v) is 7.29. The van der Waals surface area contributed by atoms with Gasteiger partial charge in [0.1, 0.15) is 36.8 Å². The summed E-state index contributed by atoms with van der Waals surface area (Å²) in [5.74, 6) is 0.00850. The molecule has 1 aromatic carbocycles. The van der Waals surface area contributed by atoms with Gasteiger partial charge in [0, 0.05) is 6.08 Å². The number of aliphatic hydroxyl groups excluding tert-OH is 4. The number of benzene rings is 1. The Bertz CT molecular complexity index is 570. The fourth-order valence-corrected chi connectivity index (χ4v) is 2.16. The van der Waals surface area contributed by atoms with Crippen molar-refractivity contribution in [2.75, 3.05) is 13.7 Å². The summed E-state index contributed by atoms with van der Waals surface area (Å²) < 4.78 is 14.8. The average Bonchev–Trinajstić information content (AvgIpc) is 2.60. The van der Waals surface area contributed by atoms with Crippen LogP contribution in [0.1, 0.15) is 5.56 Å². The first-order valence-electron chi connectivity index (χ1n) is 7.29. The lowest BCUT2D eigenvalue weighted by Gasteiger charge is -2.37. The highest BCUT2D eigenvalue weighted by molar-refractivity contribution is 5.87. The van der Waals surface area contributed by atoms with Crippen molar-refractivity contribution >= 4 is 12.0 Å². The molecular formula is C16H20O8. The maximum Gasteiger partial charge on any atom is 0.330 e. The Morgan fingerprint density at radius 2 is 1.79 bits per heavy atom. The Labute approximate surface area is 138 Å². The van der Waals surface area contributed by atoms with Gasteiger partial charge >= 0.3 is 5.97 Å². The van der Waals surface area contributed by atoms with E-state index in [1.54, 1.807) is 31.4 Å². The second-order valence-corrected chi connectivity index (χ2v) is 5.27. The van der Waals surface area contributed by atoms with Crippen molar-refractivity contribution in [3.8, 4) is 5.75 Å². The lowest BCUT2D eigenvalue weighted by molar-refractivity contribution is -0.287. The van der Waals surface area contributed by atoms with Crippen LogP contribution < -0.4 is 4.74 Å². The van der Waals surface area contributed by atoms with E-state index in [0.717, 1.165) is 5.56 Å². The molecule has 5 atom stereocenters. The van der Waals surface area contributed by atoms with E-state index in [0.29, 0.717) is 5.75 Å². The Hall–Kier alpha value is -1.97. The maximum atomic E-state index is 11.7. The SMILES string of the molecule is COc1ccc(/C=C/C(=O)OC[C@H]2OC(O)[C@H](O)[C@@H](O)[C@@H]2O)cc1. The molecule has 1 saturated heterocycles. The Kier molecular flexibility index (Phi) is 6.29. The predicted octanol–water partition coefficient (Wildman–Crippen LogP) is -0.949. The van der Waals surface area contributed by atoms with Crippen molar-refractivity contribution in [2.24, 2.45) is 0 Å². The molecule has 8 nitrogen and oxygen atoms in total. The molecule has 8 heteroatoms. The summed E-state index contributed by atoms with van der Waals surface area (Å²) >= 11 is 0. The third-order valence-corrected chi connectivity index (χ3v) is 3.60. The largest absolute Gasteiger partial charge is 0.497 e. The highest BCUT2D eigenvalue weighted by Gasteiger charge is 2.43. The summed E-state index contributed by atoms with van der Waals surface area (Å²) in [5.41, 5.74) is 0.760. The zero-order valence-corrected chi connectivity index (χ0v) is 13.0.